The number of hydrogen-bond acceptors (Lipinski definition) is 6. The highest BCUT2D eigenvalue weighted by atomic mass is 16.5. The predicted octanol–water partition coefficient (Wildman–Crippen LogP) is 2.48. The van der Waals surface area contributed by atoms with Gasteiger partial charge in [0, 0.05) is 26.2 Å². The van der Waals surface area contributed by atoms with E-state index < -0.39 is 6.04 Å². The first kappa shape index (κ1) is 21.5. The number of nitrogens with zero attached hydrogens (tertiary/aromatic N) is 4. The third kappa shape index (κ3) is 3.75. The first-order chi connectivity index (χ1) is 16.1. The number of morpholine rings is 1. The Hall–Kier alpha value is -3.36. The minimum Gasteiger partial charge on any atom is -0.379 e. The Bertz CT molecular complexity index is 1240. The maximum Gasteiger partial charge on any atom is 0.262 e. The maximum atomic E-state index is 13.5. The van der Waals surface area contributed by atoms with Crippen LogP contribution in [-0.2, 0) is 11.3 Å². The number of aromatic nitrogens is 2. The fourth-order valence-corrected chi connectivity index (χ4v) is 4.69. The zero-order chi connectivity index (χ0) is 22.9. The summed E-state index contributed by atoms with van der Waals surface area (Å²) >= 11 is 0. The van der Waals surface area contributed by atoms with Crippen molar-refractivity contribution in [3.8, 4) is 0 Å². The Balaban J connectivity index is 1.58. The number of ether oxygens (including phenoxy) is 1. The summed E-state index contributed by atoms with van der Waals surface area (Å²) in [5.74, 6) is -0.238. The van der Waals surface area contributed by atoms with Crippen LogP contribution in [0.2, 0.25) is 0 Å². The molecule has 2 aromatic carbocycles. The first-order valence-electron chi connectivity index (χ1n) is 11.4. The number of carbonyl (C=O) groups excluding carboxylic acids is 2. The van der Waals surface area contributed by atoms with Crippen LogP contribution >= 0.6 is 0 Å². The van der Waals surface area contributed by atoms with Gasteiger partial charge in [-0.15, -0.1) is 0 Å². The molecule has 0 saturated carbocycles. The van der Waals surface area contributed by atoms with E-state index in [1.807, 2.05) is 19.1 Å². The molecule has 33 heavy (non-hydrogen) atoms. The number of para-hydroxylation sites is 1. The van der Waals surface area contributed by atoms with Crippen molar-refractivity contribution in [1.82, 2.24) is 19.4 Å². The van der Waals surface area contributed by atoms with Gasteiger partial charge in [-0.1, -0.05) is 31.2 Å². The molecule has 2 aliphatic heterocycles. The van der Waals surface area contributed by atoms with Gasteiger partial charge in [0.15, 0.2) is 0 Å². The van der Waals surface area contributed by atoms with Crippen LogP contribution in [0.25, 0.3) is 10.9 Å². The Labute approximate surface area is 191 Å². The van der Waals surface area contributed by atoms with Gasteiger partial charge in [0.05, 0.1) is 41.3 Å². The molecule has 1 saturated heterocycles. The number of imide groups is 1. The van der Waals surface area contributed by atoms with E-state index in [0.29, 0.717) is 60.6 Å². The summed E-state index contributed by atoms with van der Waals surface area (Å²) in [4.78, 5) is 48.3. The van der Waals surface area contributed by atoms with Crippen LogP contribution in [0.1, 0.15) is 45.9 Å². The van der Waals surface area contributed by atoms with Crippen molar-refractivity contribution in [3.63, 3.8) is 0 Å². The van der Waals surface area contributed by atoms with Gasteiger partial charge in [-0.25, -0.2) is 4.98 Å². The topological polar surface area (TPSA) is 84.7 Å². The van der Waals surface area contributed by atoms with Gasteiger partial charge in [0.2, 0.25) is 0 Å². The minimum atomic E-state index is -0.639. The Morgan fingerprint density at radius 2 is 1.55 bits per heavy atom. The molecule has 170 valence electrons. The van der Waals surface area contributed by atoms with Crippen LogP contribution in [-0.4, -0.2) is 64.0 Å². The molecule has 8 nitrogen and oxygen atoms in total. The lowest BCUT2D eigenvalue weighted by Crippen LogP contribution is -2.42. The molecule has 0 bridgehead atoms. The van der Waals surface area contributed by atoms with E-state index in [4.69, 9.17) is 9.72 Å². The predicted molar refractivity (Wildman–Crippen MR) is 123 cm³/mol. The molecule has 0 N–H and O–H groups in total. The molecule has 0 radical (unpaired) electrons. The molecule has 3 heterocycles. The van der Waals surface area contributed by atoms with E-state index in [9.17, 15) is 14.4 Å². The minimum absolute atomic E-state index is 0.154. The quantitative estimate of drug-likeness (QED) is 0.541. The number of benzene rings is 2. The van der Waals surface area contributed by atoms with Crippen molar-refractivity contribution in [3.05, 3.63) is 75.8 Å². The lowest BCUT2D eigenvalue weighted by molar-refractivity contribution is 0.0357. The first-order valence-corrected chi connectivity index (χ1v) is 11.4. The molecule has 0 spiro atoms. The number of hydrogen-bond donors (Lipinski definition) is 0. The molecule has 1 fully saturated rings. The van der Waals surface area contributed by atoms with Gasteiger partial charge in [0.25, 0.3) is 17.4 Å². The van der Waals surface area contributed by atoms with Crippen molar-refractivity contribution >= 4 is 22.7 Å². The van der Waals surface area contributed by atoms with Crippen molar-refractivity contribution in [2.45, 2.75) is 25.9 Å². The van der Waals surface area contributed by atoms with E-state index in [1.165, 1.54) is 4.90 Å². The van der Waals surface area contributed by atoms with Crippen LogP contribution in [0, 0.1) is 0 Å². The second-order valence-corrected chi connectivity index (χ2v) is 8.35. The van der Waals surface area contributed by atoms with Crippen LogP contribution in [0.5, 0.6) is 0 Å². The van der Waals surface area contributed by atoms with E-state index in [1.54, 1.807) is 41.0 Å². The summed E-state index contributed by atoms with van der Waals surface area (Å²) in [7, 11) is 0. The van der Waals surface area contributed by atoms with Crippen molar-refractivity contribution in [2.24, 2.45) is 0 Å². The van der Waals surface area contributed by atoms with E-state index in [2.05, 4.69) is 4.90 Å². The number of fused-ring (bicyclic) bond motifs is 2. The molecule has 5 rings (SSSR count). The standard InChI is InChI=1S/C25H26N4O4/c1-2-21(29-24(31)17-7-3-4-8-18(17)25(29)32)22-26-20-10-6-5-9-19(20)23(30)28(22)12-11-27-13-15-33-16-14-27/h3-10,21H,2,11-16H2,1H3/t21-/m0/s1. The second kappa shape index (κ2) is 8.88. The molecular weight excluding hydrogens is 420 g/mol. The monoisotopic (exact) mass is 446 g/mol. The summed E-state index contributed by atoms with van der Waals surface area (Å²) < 4.78 is 7.08. The summed E-state index contributed by atoms with van der Waals surface area (Å²) in [5, 5.41) is 0.528. The molecule has 0 aliphatic carbocycles. The molecule has 1 atom stereocenters. The second-order valence-electron chi connectivity index (χ2n) is 8.35. The average Bonchev–Trinajstić information content (AvgIpc) is 3.10. The van der Waals surface area contributed by atoms with E-state index in [-0.39, 0.29) is 17.4 Å². The molecule has 2 aliphatic rings. The van der Waals surface area contributed by atoms with Gasteiger partial charge in [-0.2, -0.15) is 0 Å². The highest BCUT2D eigenvalue weighted by molar-refractivity contribution is 6.21. The number of amides is 2. The largest absolute Gasteiger partial charge is 0.379 e. The Morgan fingerprint density at radius 1 is 0.909 bits per heavy atom. The fourth-order valence-electron chi connectivity index (χ4n) is 4.69. The zero-order valence-electron chi connectivity index (χ0n) is 18.6. The molecule has 8 heteroatoms. The van der Waals surface area contributed by atoms with Gasteiger partial charge in [-0.3, -0.25) is 28.8 Å². The fraction of sp³-hybridized carbons (Fsp3) is 0.360. The molecule has 2 amide bonds. The summed E-state index contributed by atoms with van der Waals surface area (Å²) in [6, 6.07) is 13.4. The van der Waals surface area contributed by atoms with E-state index >= 15 is 0 Å². The Morgan fingerprint density at radius 3 is 2.21 bits per heavy atom. The SMILES string of the molecule is CC[C@@H](c1nc2ccccc2c(=O)n1CCN1CCOCC1)N1C(=O)c2ccccc2C1=O. The van der Waals surface area contributed by atoms with Crippen molar-refractivity contribution < 1.29 is 14.3 Å². The normalized spacial score (nSPS) is 17.5. The number of rotatable bonds is 6. The highest BCUT2D eigenvalue weighted by Crippen LogP contribution is 2.32. The van der Waals surface area contributed by atoms with Crippen LogP contribution in [0.15, 0.2) is 53.3 Å². The molecular formula is C25H26N4O4. The van der Waals surface area contributed by atoms with Gasteiger partial charge in [0.1, 0.15) is 5.82 Å². The van der Waals surface area contributed by atoms with Crippen molar-refractivity contribution in [2.75, 3.05) is 32.8 Å². The van der Waals surface area contributed by atoms with E-state index in [0.717, 1.165) is 13.1 Å². The van der Waals surface area contributed by atoms with Crippen LogP contribution < -0.4 is 5.56 Å². The lowest BCUT2D eigenvalue weighted by Gasteiger charge is -2.29. The highest BCUT2D eigenvalue weighted by Gasteiger charge is 2.41. The smallest absolute Gasteiger partial charge is 0.262 e. The van der Waals surface area contributed by atoms with Crippen LogP contribution in [0.4, 0.5) is 0 Å². The lowest BCUT2D eigenvalue weighted by atomic mass is 10.1. The molecule has 3 aromatic rings. The summed E-state index contributed by atoms with van der Waals surface area (Å²) in [5.41, 5.74) is 1.20. The van der Waals surface area contributed by atoms with Crippen LogP contribution in [0.3, 0.4) is 0 Å². The maximum absolute atomic E-state index is 13.5. The molecule has 1 aromatic heterocycles. The van der Waals surface area contributed by atoms with Gasteiger partial charge < -0.3 is 4.74 Å². The molecule has 0 unspecified atom stereocenters. The summed E-state index contributed by atoms with van der Waals surface area (Å²) in [6.07, 6.45) is 0.452. The average molecular weight is 447 g/mol. The van der Waals surface area contributed by atoms with Gasteiger partial charge >= 0.3 is 0 Å². The number of carbonyl (C=O) groups is 2. The zero-order valence-corrected chi connectivity index (χ0v) is 18.6. The summed E-state index contributed by atoms with van der Waals surface area (Å²) in [6.45, 7) is 5.94. The Kier molecular flexibility index (Phi) is 5.78. The third-order valence-corrected chi connectivity index (χ3v) is 6.46. The third-order valence-electron chi connectivity index (χ3n) is 6.46. The van der Waals surface area contributed by atoms with Crippen molar-refractivity contribution in [1.29, 1.82) is 0 Å². The van der Waals surface area contributed by atoms with Gasteiger partial charge in [-0.05, 0) is 30.7 Å².